The Morgan fingerprint density at radius 1 is 1.12 bits per heavy atom. The first-order valence-corrected chi connectivity index (χ1v) is 6.01. The van der Waals surface area contributed by atoms with E-state index >= 15 is 0 Å². The molecule has 0 spiro atoms. The summed E-state index contributed by atoms with van der Waals surface area (Å²) in [6.45, 7) is 4.39. The lowest BCUT2D eigenvalue weighted by Crippen LogP contribution is -2.21. The van der Waals surface area contributed by atoms with Gasteiger partial charge in [0.15, 0.2) is 0 Å². The second-order valence-corrected chi connectivity index (χ2v) is 5.49. The Kier molecular flexibility index (Phi) is 3.10. The van der Waals surface area contributed by atoms with Gasteiger partial charge in [0.05, 0.1) is 5.69 Å². The number of nitrogens with zero attached hydrogens (tertiary/aromatic N) is 1. The third kappa shape index (κ3) is 2.60. The summed E-state index contributed by atoms with van der Waals surface area (Å²) in [4.78, 5) is 4.40. The van der Waals surface area contributed by atoms with E-state index in [9.17, 15) is 0 Å². The van der Waals surface area contributed by atoms with Crippen molar-refractivity contribution in [2.75, 3.05) is 0 Å². The average molecular weight is 221 g/mol. The maximum Gasteiger partial charge on any atom is 0.104 e. The Hall–Kier alpha value is -1.50. The molecule has 0 radical (unpaired) electrons. The van der Waals surface area contributed by atoms with Crippen molar-refractivity contribution in [1.82, 2.24) is 4.98 Å². The molecule has 1 nitrogen and oxygen atoms in total. The topological polar surface area (TPSA) is 12.9 Å². The van der Waals surface area contributed by atoms with Crippen LogP contribution in [0.3, 0.4) is 0 Å². The molecule has 84 valence electrons. The van der Waals surface area contributed by atoms with E-state index in [-0.39, 0.29) is 5.21 Å². The highest BCUT2D eigenvalue weighted by molar-refractivity contribution is 6.39. The highest BCUT2D eigenvalue weighted by atomic mass is 14.7. The van der Waals surface area contributed by atoms with Gasteiger partial charge in [-0.05, 0) is 24.6 Å². The molecule has 0 amide bonds. The van der Waals surface area contributed by atoms with Gasteiger partial charge in [0.1, 0.15) is 15.7 Å². The Balaban J connectivity index is 2.46. The molecule has 0 saturated carbocycles. The maximum absolute atomic E-state index is 4.40. The van der Waals surface area contributed by atoms with Crippen LogP contribution in [0.4, 0.5) is 0 Å². The highest BCUT2D eigenvalue weighted by Crippen LogP contribution is 2.25. The molecule has 1 heterocycles. The number of rotatable bonds is 2. The summed E-state index contributed by atoms with van der Waals surface area (Å²) in [5.41, 5.74) is 4.93. The smallest absolute Gasteiger partial charge is 0.104 e. The summed E-state index contributed by atoms with van der Waals surface area (Å²) in [6.07, 6.45) is 1.84. The fourth-order valence-corrected chi connectivity index (χ4v) is 1.94. The monoisotopic (exact) mass is 221 g/mol. The molecule has 0 saturated heterocycles. The predicted octanol–water partition coefficient (Wildman–Crippen LogP) is 1.50. The van der Waals surface area contributed by atoms with Gasteiger partial charge in [-0.1, -0.05) is 42.0 Å². The number of benzene rings is 1. The summed E-state index contributed by atoms with van der Waals surface area (Å²) in [5, 5.41) is 0.202. The van der Waals surface area contributed by atoms with Crippen LogP contribution in [-0.2, 0) is 5.21 Å². The minimum atomic E-state index is 0.202. The van der Waals surface area contributed by atoms with E-state index in [4.69, 9.17) is 0 Å². The van der Waals surface area contributed by atoms with Crippen molar-refractivity contribution in [1.29, 1.82) is 0 Å². The second-order valence-electron chi connectivity index (χ2n) is 5.49. The second kappa shape index (κ2) is 4.40. The summed E-state index contributed by atoms with van der Waals surface area (Å²) in [6, 6.07) is 12.7. The Bertz CT molecular complexity index is 515. The molecule has 0 N–H and O–H groups in total. The van der Waals surface area contributed by atoms with Crippen molar-refractivity contribution in [3.8, 4) is 11.3 Å². The van der Waals surface area contributed by atoms with Crippen LogP contribution in [0.25, 0.3) is 11.3 Å². The molecule has 0 aliphatic carbocycles. The summed E-state index contributed by atoms with van der Waals surface area (Å²) >= 11 is 0. The molecule has 1 aromatic carbocycles. The van der Waals surface area contributed by atoms with Gasteiger partial charge < -0.3 is 0 Å². The lowest BCUT2D eigenvalue weighted by Gasteiger charge is -2.20. The van der Waals surface area contributed by atoms with Crippen LogP contribution in [0.2, 0.25) is 0 Å². The van der Waals surface area contributed by atoms with E-state index in [1.54, 1.807) is 0 Å². The van der Waals surface area contributed by atoms with Crippen LogP contribution in [0.15, 0.2) is 42.6 Å². The summed E-state index contributed by atoms with van der Waals surface area (Å²) in [7, 11) is 4.48. The number of pyridine rings is 1. The fraction of sp³-hybridized carbons (Fsp3) is 0.214. The van der Waals surface area contributed by atoms with Crippen LogP contribution in [-0.4, -0.2) is 20.7 Å². The molecule has 2 rings (SSSR count). The van der Waals surface area contributed by atoms with Crippen molar-refractivity contribution < 1.29 is 0 Å². The van der Waals surface area contributed by atoms with E-state index in [1.165, 1.54) is 16.7 Å². The van der Waals surface area contributed by atoms with E-state index < -0.39 is 0 Å². The van der Waals surface area contributed by atoms with E-state index in [2.05, 4.69) is 58.8 Å². The minimum absolute atomic E-state index is 0.202. The number of aryl methyl sites for hydroxylation is 1. The third-order valence-electron chi connectivity index (χ3n) is 3.03. The first kappa shape index (κ1) is 12.0. The molecule has 0 unspecified atom stereocenters. The molecular formula is C14H17B2N. The van der Waals surface area contributed by atoms with Crippen LogP contribution in [0.5, 0.6) is 0 Å². The maximum atomic E-state index is 4.40. The largest absolute Gasteiger partial charge is 0.256 e. The van der Waals surface area contributed by atoms with Gasteiger partial charge in [0.25, 0.3) is 0 Å². The van der Waals surface area contributed by atoms with Gasteiger partial charge in [0, 0.05) is 11.8 Å². The normalized spacial score (nSPS) is 11.4. The van der Waals surface area contributed by atoms with Crippen molar-refractivity contribution in [2.45, 2.75) is 19.1 Å². The van der Waals surface area contributed by atoms with E-state index in [0.29, 0.717) is 0 Å². The minimum Gasteiger partial charge on any atom is -0.256 e. The number of hydrogen-bond acceptors (Lipinski definition) is 1. The Labute approximate surface area is 105 Å². The quantitative estimate of drug-likeness (QED) is 0.700. The van der Waals surface area contributed by atoms with Crippen molar-refractivity contribution in [2.24, 2.45) is 0 Å². The first-order valence-electron chi connectivity index (χ1n) is 6.01. The zero-order chi connectivity index (χ0) is 12.5. The van der Waals surface area contributed by atoms with Crippen molar-refractivity contribution in [3.05, 3.63) is 53.7 Å². The SMILES string of the molecule is BC(B)(C)c1ccc(-c2ccccn2)c(C)c1. The van der Waals surface area contributed by atoms with Gasteiger partial charge in [-0.15, -0.1) is 0 Å². The molecule has 0 fully saturated rings. The van der Waals surface area contributed by atoms with Crippen LogP contribution >= 0.6 is 0 Å². The Morgan fingerprint density at radius 2 is 1.88 bits per heavy atom. The molecule has 0 bridgehead atoms. The third-order valence-corrected chi connectivity index (χ3v) is 3.03. The van der Waals surface area contributed by atoms with Crippen LogP contribution in [0.1, 0.15) is 18.1 Å². The number of aromatic nitrogens is 1. The molecular weight excluding hydrogens is 204 g/mol. The lowest BCUT2D eigenvalue weighted by atomic mass is 9.52. The van der Waals surface area contributed by atoms with Gasteiger partial charge in [-0.2, -0.15) is 0 Å². The van der Waals surface area contributed by atoms with Crippen molar-refractivity contribution in [3.63, 3.8) is 0 Å². The first-order chi connectivity index (χ1) is 7.98. The Morgan fingerprint density at radius 3 is 2.41 bits per heavy atom. The molecule has 0 atom stereocenters. The van der Waals surface area contributed by atoms with Crippen LogP contribution < -0.4 is 0 Å². The van der Waals surface area contributed by atoms with E-state index in [1.807, 2.05) is 18.3 Å². The molecule has 1 aromatic heterocycles. The average Bonchev–Trinajstić information content (AvgIpc) is 2.29. The van der Waals surface area contributed by atoms with Gasteiger partial charge in [0.2, 0.25) is 0 Å². The van der Waals surface area contributed by atoms with Gasteiger partial charge in [-0.3, -0.25) is 4.98 Å². The number of hydrogen-bond donors (Lipinski definition) is 0. The summed E-state index contributed by atoms with van der Waals surface area (Å²) in [5.74, 6) is 0. The zero-order valence-corrected chi connectivity index (χ0v) is 11.0. The zero-order valence-electron chi connectivity index (χ0n) is 11.0. The highest BCUT2D eigenvalue weighted by Gasteiger charge is 2.15. The molecule has 17 heavy (non-hydrogen) atoms. The van der Waals surface area contributed by atoms with Gasteiger partial charge in [-0.25, -0.2) is 0 Å². The molecule has 3 heteroatoms. The molecule has 0 aliphatic heterocycles. The lowest BCUT2D eigenvalue weighted by molar-refractivity contribution is 0.969. The molecule has 0 aliphatic rings. The summed E-state index contributed by atoms with van der Waals surface area (Å²) < 4.78 is 0. The molecule has 2 aromatic rings. The fourth-order valence-electron chi connectivity index (χ4n) is 1.94. The van der Waals surface area contributed by atoms with Crippen molar-refractivity contribution >= 4 is 15.7 Å². The standard InChI is InChI=1S/C14H17B2N/c1-10-9-11(14(2,15)16)6-7-12(10)13-5-3-4-8-17-13/h3-9H,15-16H2,1-2H3. The predicted molar refractivity (Wildman–Crippen MR) is 78.9 cm³/mol. The van der Waals surface area contributed by atoms with E-state index in [0.717, 1.165) is 5.69 Å². The van der Waals surface area contributed by atoms with Gasteiger partial charge >= 0.3 is 0 Å². The van der Waals surface area contributed by atoms with Crippen LogP contribution in [0, 0.1) is 6.92 Å².